The third-order valence-corrected chi connectivity index (χ3v) is 20.5. The molecule has 15 aromatic heterocycles. The van der Waals surface area contributed by atoms with Crippen LogP contribution in [0.25, 0.3) is 87.1 Å². The van der Waals surface area contributed by atoms with Crippen molar-refractivity contribution in [3.63, 3.8) is 0 Å². The standard InChI is InChI=1S/C15H16N6O3S.C14H14N6O.C11H12ClN3O3S.C10H16BN3O2.C10H10ClN3O.C8H4Cl2N2O.C8H6ClN3O.C2H5I.CH3ClO2S/c1-3-21-5-4-9-6-11(10-7-17-15(16)18-8-10)19-13(12(9)14(21)22)20-25(2,23)24;1-2-20-4-3-8-5-10(9-6-17-14(16)18-7-9)19-12(15)11(8)13(20)21;1-3-15-5-4-7-6-8(12)13-10(9(7)11(15)16)14-19(2,17)18;1-9(2)10(3,4)16-11(15-9)7-5-13-8(12)14-6-7;1-2-14-4-3-6-5-7(11)13-9(12)8(6)10(14)15;2*9-5-3-4-1-2-11-8(13)6(4)7(10)12-5;1-2-3;1-5(2,3)4/h4-8H,3H2,1-2H3,(H,19,20)(H2,16,17,18);3-7H,2H2,1H3,(H2,15,19)(H2,16,17,18);4-6H,3H2,1-2H3,(H,13,14);5-6H,1-4H3,(H2,12,13,14);3-5H,2H2,1H3,(H2,12,13);1-3H,(H,11,13);1-3H,(H2,10,12)(H,11,13);2H2,1H3;1H3. The Morgan fingerprint density at radius 1 is 0.415 bits per heavy atom. The first kappa shape index (κ1) is 103. The number of hydrogen-bond donors (Lipinski definition) is 10. The highest BCUT2D eigenvalue weighted by atomic mass is 127. The number of aryl methyl sites for hydroxylation is 4. The maximum Gasteiger partial charge on any atom is 0.498 e. The number of hydrogen-bond acceptors (Lipinski definition) is 32. The number of nitrogens with one attached hydrogen (secondary N) is 4. The molecule has 16 heterocycles. The van der Waals surface area contributed by atoms with Gasteiger partial charge < -0.3 is 71.9 Å². The number of halogens is 7. The van der Waals surface area contributed by atoms with Crippen molar-refractivity contribution in [2.75, 3.05) is 67.0 Å². The summed E-state index contributed by atoms with van der Waals surface area (Å²) in [7, 11) is -6.28. The molecular formula is C79H86BCl6IN26O14S3. The van der Waals surface area contributed by atoms with Crippen LogP contribution in [0, 0.1) is 0 Å². The molecule has 40 nitrogen and oxygen atoms in total. The van der Waals surface area contributed by atoms with E-state index in [0.717, 1.165) is 35.0 Å². The molecule has 1 aliphatic heterocycles. The zero-order chi connectivity index (χ0) is 96.4. The summed E-state index contributed by atoms with van der Waals surface area (Å²) in [6.45, 7) is 19.7. The zero-order valence-corrected chi connectivity index (χ0v) is 80.3. The van der Waals surface area contributed by atoms with Crippen LogP contribution in [0.3, 0.4) is 0 Å². The molecule has 0 bridgehead atoms. The van der Waals surface area contributed by atoms with Crippen molar-refractivity contribution in [2.24, 2.45) is 0 Å². The van der Waals surface area contributed by atoms with E-state index in [1.165, 1.54) is 38.2 Å². The van der Waals surface area contributed by atoms with Gasteiger partial charge in [-0.2, -0.15) is 0 Å². The second-order valence-electron chi connectivity index (χ2n) is 28.3. The first-order valence-electron chi connectivity index (χ1n) is 38.2. The Bertz CT molecular complexity index is 7330. The quantitative estimate of drug-likeness (QED) is 0.0189. The monoisotopic (exact) mass is 2070 g/mol. The fourth-order valence-corrected chi connectivity index (χ4v) is 13.9. The van der Waals surface area contributed by atoms with Crippen molar-refractivity contribution >= 4 is 245 Å². The Labute approximate surface area is 785 Å². The average Bonchev–Trinajstić information content (AvgIpc) is 1.20. The average molecular weight is 2070 g/mol. The Kier molecular flexibility index (Phi) is 35.5. The molecule has 0 spiro atoms. The number of anilines is 8. The summed E-state index contributed by atoms with van der Waals surface area (Å²) in [6.07, 6.45) is 22.1. The summed E-state index contributed by atoms with van der Waals surface area (Å²) >= 11 is 31.0. The lowest BCUT2D eigenvalue weighted by molar-refractivity contribution is 0.00578. The number of alkyl halides is 1. The largest absolute Gasteiger partial charge is 0.498 e. The second kappa shape index (κ2) is 44.6. The van der Waals surface area contributed by atoms with Gasteiger partial charge in [0.2, 0.25) is 46.9 Å². The fraction of sp³-hybridized carbons (Fsp3) is 0.241. The van der Waals surface area contributed by atoms with Gasteiger partial charge in [-0.15, -0.1) is 0 Å². The summed E-state index contributed by atoms with van der Waals surface area (Å²) in [5, 5.41) is 7.09. The number of nitrogens with zero attached hydrogens (tertiary/aromatic N) is 16. The van der Waals surface area contributed by atoms with Gasteiger partial charge in [-0.25, -0.2) is 85.1 Å². The summed E-state index contributed by atoms with van der Waals surface area (Å²) in [4.78, 5) is 124. The summed E-state index contributed by atoms with van der Waals surface area (Å²) in [5.74, 6) is 1.03. The third kappa shape index (κ3) is 27.8. The van der Waals surface area contributed by atoms with Crippen molar-refractivity contribution < 1.29 is 34.6 Å². The number of aromatic amines is 2. The molecule has 51 heteroatoms. The molecule has 0 aliphatic carbocycles. The molecule has 1 aliphatic rings. The van der Waals surface area contributed by atoms with Gasteiger partial charge in [-0.05, 0) is 165 Å². The Hall–Kier alpha value is -11.9. The van der Waals surface area contributed by atoms with Gasteiger partial charge in [0.25, 0.3) is 33.4 Å². The van der Waals surface area contributed by atoms with Gasteiger partial charge in [0.1, 0.15) is 43.2 Å². The molecular weight excluding hydrogens is 1980 g/mol. The molecule has 130 heavy (non-hydrogen) atoms. The number of nitrogen functional groups attached to an aromatic ring is 6. The van der Waals surface area contributed by atoms with E-state index in [1.54, 1.807) is 120 Å². The molecule has 0 amide bonds. The van der Waals surface area contributed by atoms with Crippen molar-refractivity contribution in [1.29, 1.82) is 0 Å². The highest BCUT2D eigenvalue weighted by Gasteiger charge is 2.52. The zero-order valence-electron chi connectivity index (χ0n) is 71.2. The molecule has 0 saturated carbocycles. The molecule has 0 unspecified atom stereocenters. The van der Waals surface area contributed by atoms with E-state index in [9.17, 15) is 54.0 Å². The summed E-state index contributed by atoms with van der Waals surface area (Å²) in [6, 6.07) is 20.3. The van der Waals surface area contributed by atoms with Gasteiger partial charge in [-0.3, -0.25) is 38.2 Å². The minimum Gasteiger partial charge on any atom is -0.399 e. The van der Waals surface area contributed by atoms with Crippen LogP contribution in [0.1, 0.15) is 62.3 Å². The van der Waals surface area contributed by atoms with Crippen LogP contribution in [-0.2, 0) is 64.6 Å². The molecule has 16 rings (SSSR count). The van der Waals surface area contributed by atoms with E-state index in [-0.39, 0.29) is 123 Å². The maximum absolute atomic E-state index is 12.6. The van der Waals surface area contributed by atoms with Gasteiger partial charge in [0.05, 0.1) is 73.7 Å². The van der Waals surface area contributed by atoms with Crippen LogP contribution in [0.15, 0.2) is 176 Å². The highest BCUT2D eigenvalue weighted by molar-refractivity contribution is 14.1. The topological polar surface area (TPSA) is 609 Å². The first-order valence-corrected chi connectivity index (χ1v) is 48.1. The van der Waals surface area contributed by atoms with Gasteiger partial charge in [-0.1, -0.05) is 87.5 Å². The SMILES string of the molecule is CC1(C)OB(c2cnc(N)nc2)OC1(C)C.CCI.CCn1ccc2cc(-c3cnc(N)nc3)nc(N)c2c1=O.CCn1ccc2cc(-c3cnc(N)nc3)nc(NS(C)(=O)=O)c2c1=O.CCn1ccc2cc(Cl)nc(N)c2c1=O.CCn1ccc2cc(Cl)nc(NS(C)(=O)=O)c2c1=O.CS(=O)(=O)Cl.Nc1nc(Cl)cc2cc[nH]c(=O)c12.O=c1[nH]ccc2cc(Cl)nc(Cl)c12. The van der Waals surface area contributed by atoms with Gasteiger partial charge in [0, 0.05) is 128 Å². The van der Waals surface area contributed by atoms with Crippen LogP contribution in [-0.4, -0.2) is 155 Å². The number of fused-ring (bicyclic) bond motifs is 6. The highest BCUT2D eigenvalue weighted by Crippen LogP contribution is 2.37. The van der Waals surface area contributed by atoms with E-state index in [2.05, 4.69) is 119 Å². The van der Waals surface area contributed by atoms with E-state index in [4.69, 9.17) is 102 Å². The third-order valence-electron chi connectivity index (χ3n) is 18.3. The van der Waals surface area contributed by atoms with E-state index >= 15 is 0 Å². The molecule has 0 radical (unpaired) electrons. The van der Waals surface area contributed by atoms with Crippen LogP contribution in [0.4, 0.5) is 46.9 Å². The molecule has 686 valence electrons. The molecule has 0 atom stereocenters. The Balaban J connectivity index is 0.000000186. The van der Waals surface area contributed by atoms with Crippen molar-refractivity contribution in [3.05, 3.63) is 235 Å². The van der Waals surface area contributed by atoms with Crippen molar-refractivity contribution in [3.8, 4) is 22.5 Å². The number of rotatable bonds is 11. The van der Waals surface area contributed by atoms with Gasteiger partial charge in [0.15, 0.2) is 11.6 Å². The predicted octanol–water partition coefficient (Wildman–Crippen LogP) is 10.3. The number of H-pyrrole nitrogens is 2. The maximum atomic E-state index is 12.6. The minimum atomic E-state index is -3.62. The molecule has 0 aromatic carbocycles. The molecule has 16 N–H and O–H groups in total. The number of nitrogens with two attached hydrogens (primary N) is 6. The lowest BCUT2D eigenvalue weighted by atomic mass is 9.81. The molecule has 15 aromatic rings. The van der Waals surface area contributed by atoms with Crippen molar-refractivity contribution in [2.45, 2.75) is 99.7 Å². The Morgan fingerprint density at radius 2 is 0.700 bits per heavy atom. The lowest BCUT2D eigenvalue weighted by Gasteiger charge is -2.32. The van der Waals surface area contributed by atoms with Crippen molar-refractivity contribution in [1.82, 2.24) is 88.0 Å². The number of pyridine rings is 12. The predicted molar refractivity (Wildman–Crippen MR) is 525 cm³/mol. The molecule has 1 saturated heterocycles. The second-order valence-corrected chi connectivity index (χ2v) is 38.3. The smallest absolute Gasteiger partial charge is 0.399 e. The summed E-state index contributed by atoms with van der Waals surface area (Å²) in [5.41, 5.74) is 34.5. The van der Waals surface area contributed by atoms with Crippen LogP contribution in [0.5, 0.6) is 0 Å². The Morgan fingerprint density at radius 3 is 1.08 bits per heavy atom. The molecule has 1 fully saturated rings. The van der Waals surface area contributed by atoms with E-state index in [0.29, 0.717) is 96.9 Å². The van der Waals surface area contributed by atoms with Crippen LogP contribution >= 0.6 is 91.3 Å². The van der Waals surface area contributed by atoms with E-state index < -0.39 is 36.2 Å². The lowest BCUT2D eigenvalue weighted by Crippen LogP contribution is -2.41. The number of sulfonamides is 2. The minimum absolute atomic E-state index is 0.0281. The van der Waals surface area contributed by atoms with Crippen LogP contribution < -0.4 is 82.7 Å². The van der Waals surface area contributed by atoms with Gasteiger partial charge >= 0.3 is 7.12 Å². The summed E-state index contributed by atoms with van der Waals surface area (Å²) < 4.78 is 88.4. The first-order chi connectivity index (χ1) is 60.9. The fourth-order valence-electron chi connectivity index (χ4n) is 11.7. The van der Waals surface area contributed by atoms with E-state index in [1.807, 2.05) is 67.5 Å². The normalized spacial score (nSPS) is 12.4. The number of aromatic nitrogens is 18. The van der Waals surface area contributed by atoms with Crippen LogP contribution in [0.2, 0.25) is 25.8 Å².